The fraction of sp³-hybridized carbons (Fsp3) is 0. The van der Waals surface area contributed by atoms with Crippen LogP contribution in [0.1, 0.15) is 0 Å². The van der Waals surface area contributed by atoms with Crippen molar-refractivity contribution < 1.29 is 4.74 Å². The number of benzene rings is 1. The van der Waals surface area contributed by atoms with Crippen LogP contribution in [0.4, 0.5) is 5.95 Å². The highest BCUT2D eigenvalue weighted by Crippen LogP contribution is 2.33. The molecule has 0 spiro atoms. The quantitative estimate of drug-likeness (QED) is 0.670. The van der Waals surface area contributed by atoms with Gasteiger partial charge in [0.1, 0.15) is 10.8 Å². The first-order chi connectivity index (χ1) is 8.60. The Balaban J connectivity index is 2.36. The van der Waals surface area contributed by atoms with Gasteiger partial charge in [-0.1, -0.05) is 34.8 Å². The second-order valence-electron chi connectivity index (χ2n) is 3.17. The van der Waals surface area contributed by atoms with Crippen molar-refractivity contribution >= 4 is 40.8 Å². The number of nitrogen functional groups attached to an aromatic ring is 1. The summed E-state index contributed by atoms with van der Waals surface area (Å²) in [4.78, 5) is 7.77. The van der Waals surface area contributed by atoms with E-state index in [9.17, 15) is 0 Å². The van der Waals surface area contributed by atoms with Gasteiger partial charge in [-0.3, -0.25) is 5.43 Å². The van der Waals surface area contributed by atoms with Gasteiger partial charge in [-0.15, -0.1) is 0 Å². The number of nitrogens with zero attached hydrogens (tertiary/aromatic N) is 2. The van der Waals surface area contributed by atoms with Crippen molar-refractivity contribution in [2.24, 2.45) is 5.84 Å². The molecule has 0 aliphatic rings. The Bertz CT molecular complexity index is 579. The van der Waals surface area contributed by atoms with Gasteiger partial charge >= 0.3 is 0 Å². The molecule has 3 N–H and O–H groups in total. The van der Waals surface area contributed by atoms with Crippen molar-refractivity contribution in [2.45, 2.75) is 0 Å². The summed E-state index contributed by atoms with van der Waals surface area (Å²) in [6.07, 6.45) is 1.36. The third kappa shape index (κ3) is 2.94. The number of hydrogen-bond acceptors (Lipinski definition) is 5. The molecule has 0 aliphatic carbocycles. The normalized spacial score (nSPS) is 10.2. The number of hydrogen-bond donors (Lipinski definition) is 2. The number of nitrogens with two attached hydrogens (primary N) is 1. The summed E-state index contributed by atoms with van der Waals surface area (Å²) in [6, 6.07) is 4.81. The molecule has 1 aromatic carbocycles. The SMILES string of the molecule is NNc1ncc(Cl)c(Oc2cc(Cl)ccc2Cl)n1. The number of anilines is 1. The molecule has 0 saturated heterocycles. The summed E-state index contributed by atoms with van der Waals surface area (Å²) in [5, 5.41) is 1.10. The summed E-state index contributed by atoms with van der Waals surface area (Å²) in [7, 11) is 0. The van der Waals surface area contributed by atoms with Gasteiger partial charge in [0.05, 0.1) is 11.2 Å². The maximum absolute atomic E-state index is 5.96. The van der Waals surface area contributed by atoms with Crippen LogP contribution in [0.15, 0.2) is 24.4 Å². The summed E-state index contributed by atoms with van der Waals surface area (Å²) >= 11 is 17.7. The van der Waals surface area contributed by atoms with Gasteiger partial charge in [0, 0.05) is 11.1 Å². The average Bonchev–Trinajstić information content (AvgIpc) is 2.36. The molecule has 0 unspecified atom stereocenters. The fourth-order valence-corrected chi connectivity index (χ4v) is 1.60. The topological polar surface area (TPSA) is 73.1 Å². The molecule has 94 valence electrons. The van der Waals surface area contributed by atoms with Gasteiger partial charge in [-0.05, 0) is 12.1 Å². The molecule has 0 bridgehead atoms. The van der Waals surface area contributed by atoms with Gasteiger partial charge in [0.25, 0.3) is 0 Å². The van der Waals surface area contributed by atoms with Crippen LogP contribution in [-0.2, 0) is 0 Å². The van der Waals surface area contributed by atoms with E-state index in [-0.39, 0.29) is 16.9 Å². The van der Waals surface area contributed by atoms with Crippen molar-refractivity contribution in [1.29, 1.82) is 0 Å². The first-order valence-electron chi connectivity index (χ1n) is 4.72. The minimum Gasteiger partial charge on any atom is -0.436 e. The molecular formula is C10H7Cl3N4O. The van der Waals surface area contributed by atoms with Gasteiger partial charge in [0.2, 0.25) is 11.8 Å². The zero-order valence-corrected chi connectivity index (χ0v) is 11.1. The van der Waals surface area contributed by atoms with Crippen LogP contribution >= 0.6 is 34.8 Å². The van der Waals surface area contributed by atoms with Crippen LogP contribution < -0.4 is 16.0 Å². The number of rotatable bonds is 3. The maximum atomic E-state index is 5.96. The van der Waals surface area contributed by atoms with Gasteiger partial charge in [-0.2, -0.15) is 4.98 Å². The van der Waals surface area contributed by atoms with E-state index in [2.05, 4.69) is 15.4 Å². The van der Waals surface area contributed by atoms with Crippen molar-refractivity contribution in [2.75, 3.05) is 5.43 Å². The molecule has 0 aliphatic heterocycles. The third-order valence-corrected chi connectivity index (χ3v) is 2.75. The van der Waals surface area contributed by atoms with E-state index in [0.29, 0.717) is 15.8 Å². The summed E-state index contributed by atoms with van der Waals surface area (Å²) < 4.78 is 5.47. The summed E-state index contributed by atoms with van der Waals surface area (Å²) in [6.45, 7) is 0. The van der Waals surface area contributed by atoms with E-state index in [1.54, 1.807) is 18.2 Å². The number of nitrogens with one attached hydrogen (secondary N) is 1. The fourth-order valence-electron chi connectivity index (χ4n) is 1.15. The highest BCUT2D eigenvalue weighted by Gasteiger charge is 2.10. The van der Waals surface area contributed by atoms with Crippen LogP contribution in [0.2, 0.25) is 15.1 Å². The van der Waals surface area contributed by atoms with Gasteiger partial charge in [-0.25, -0.2) is 10.8 Å². The monoisotopic (exact) mass is 304 g/mol. The number of aromatic nitrogens is 2. The smallest absolute Gasteiger partial charge is 0.243 e. The Labute approximate surface area is 118 Å². The van der Waals surface area contributed by atoms with Crippen LogP contribution in [0.5, 0.6) is 11.6 Å². The zero-order valence-electron chi connectivity index (χ0n) is 8.82. The second kappa shape index (κ2) is 5.58. The van der Waals surface area contributed by atoms with Gasteiger partial charge in [0.15, 0.2) is 0 Å². The molecule has 18 heavy (non-hydrogen) atoms. The van der Waals surface area contributed by atoms with E-state index in [4.69, 9.17) is 45.4 Å². The molecule has 1 aromatic heterocycles. The lowest BCUT2D eigenvalue weighted by molar-refractivity contribution is 0.463. The number of ether oxygens (including phenoxy) is 1. The average molecular weight is 306 g/mol. The molecule has 5 nitrogen and oxygen atoms in total. The lowest BCUT2D eigenvalue weighted by Gasteiger charge is -2.09. The van der Waals surface area contributed by atoms with Crippen LogP contribution in [0.25, 0.3) is 0 Å². The molecule has 0 amide bonds. The van der Waals surface area contributed by atoms with Crippen molar-refractivity contribution in [3.05, 3.63) is 39.5 Å². The number of halogens is 3. The molecule has 2 rings (SSSR count). The molecular weight excluding hydrogens is 298 g/mol. The predicted molar refractivity (Wildman–Crippen MR) is 71.4 cm³/mol. The minimum atomic E-state index is 0.129. The van der Waals surface area contributed by atoms with Crippen molar-refractivity contribution in [3.8, 4) is 11.6 Å². The summed E-state index contributed by atoms with van der Waals surface area (Å²) in [5.74, 6) is 5.84. The van der Waals surface area contributed by atoms with Gasteiger partial charge < -0.3 is 4.74 Å². The Morgan fingerprint density at radius 1 is 1.17 bits per heavy atom. The lowest BCUT2D eigenvalue weighted by Crippen LogP contribution is -2.10. The first kappa shape index (κ1) is 13.2. The molecule has 2 aromatic rings. The van der Waals surface area contributed by atoms with E-state index < -0.39 is 0 Å². The first-order valence-corrected chi connectivity index (χ1v) is 5.85. The molecule has 0 atom stereocenters. The summed E-state index contributed by atoms with van der Waals surface area (Å²) in [5.41, 5.74) is 2.29. The Hall–Kier alpha value is -1.27. The maximum Gasteiger partial charge on any atom is 0.243 e. The Morgan fingerprint density at radius 2 is 1.94 bits per heavy atom. The van der Waals surface area contributed by atoms with Crippen molar-refractivity contribution in [1.82, 2.24) is 9.97 Å². The standard InChI is InChI=1S/C10H7Cl3N4O/c11-5-1-2-6(12)8(3-5)18-9-7(13)4-15-10(16-9)17-14/h1-4H,14H2,(H,15,16,17). The van der Waals surface area contributed by atoms with Crippen LogP contribution in [-0.4, -0.2) is 9.97 Å². The molecule has 0 fully saturated rings. The predicted octanol–water partition coefficient (Wildman–Crippen LogP) is 3.51. The largest absolute Gasteiger partial charge is 0.436 e. The lowest BCUT2D eigenvalue weighted by atomic mass is 10.3. The molecule has 8 heteroatoms. The van der Waals surface area contributed by atoms with Crippen LogP contribution in [0.3, 0.4) is 0 Å². The Kier molecular flexibility index (Phi) is 4.08. The second-order valence-corrected chi connectivity index (χ2v) is 4.42. The highest BCUT2D eigenvalue weighted by atomic mass is 35.5. The Morgan fingerprint density at radius 3 is 2.67 bits per heavy atom. The molecule has 0 radical (unpaired) electrons. The van der Waals surface area contributed by atoms with Crippen LogP contribution in [0, 0.1) is 0 Å². The molecule has 1 heterocycles. The highest BCUT2D eigenvalue weighted by molar-refractivity contribution is 6.34. The molecule has 0 saturated carbocycles. The van der Waals surface area contributed by atoms with E-state index in [1.807, 2.05) is 0 Å². The number of hydrazine groups is 1. The zero-order chi connectivity index (χ0) is 13.1. The van der Waals surface area contributed by atoms with Crippen molar-refractivity contribution in [3.63, 3.8) is 0 Å². The third-order valence-electron chi connectivity index (χ3n) is 1.94. The minimum absolute atomic E-state index is 0.129. The van der Waals surface area contributed by atoms with E-state index in [1.165, 1.54) is 6.20 Å². The van der Waals surface area contributed by atoms with E-state index in [0.717, 1.165) is 0 Å². The van der Waals surface area contributed by atoms with E-state index >= 15 is 0 Å².